The summed E-state index contributed by atoms with van der Waals surface area (Å²) in [5.74, 6) is 0.346. The second kappa shape index (κ2) is 6.95. The third-order valence-electron chi connectivity index (χ3n) is 4.07. The monoisotopic (exact) mass is 297 g/mol. The molecule has 1 aromatic rings. The molecule has 1 heterocycles. The van der Waals surface area contributed by atoms with Gasteiger partial charge in [-0.05, 0) is 32.8 Å². The maximum Gasteiger partial charge on any atom is 0.161 e. The third kappa shape index (κ3) is 3.88. The van der Waals surface area contributed by atoms with Gasteiger partial charge < -0.3 is 4.90 Å². The second-order valence-electron chi connectivity index (χ2n) is 6.92. The van der Waals surface area contributed by atoms with Crippen molar-refractivity contribution in [1.29, 1.82) is 0 Å². The average Bonchev–Trinajstić information content (AvgIpc) is 2.52. The van der Waals surface area contributed by atoms with Gasteiger partial charge in [0, 0.05) is 35.9 Å². The number of hydrogen-bond donors (Lipinski definition) is 0. The van der Waals surface area contributed by atoms with Gasteiger partial charge in [-0.25, -0.2) is 0 Å². The molecule has 1 aliphatic rings. The molecule has 0 N–H and O–H groups in total. The second-order valence-corrected chi connectivity index (χ2v) is 6.92. The fourth-order valence-corrected chi connectivity index (χ4v) is 2.65. The van der Waals surface area contributed by atoms with Gasteiger partial charge in [-0.15, -0.1) is 0 Å². The van der Waals surface area contributed by atoms with Crippen LogP contribution in [0, 0.1) is 0 Å². The SMILES string of the molecule is CCCCC(=O)C1=CN(C(C)(C)C)C=C[C@H]1c1ccccc1. The largest absolute Gasteiger partial charge is 0.349 e. The van der Waals surface area contributed by atoms with E-state index in [9.17, 15) is 4.79 Å². The number of Topliss-reactive ketones (excluding diaryl/α,β-unsaturated/α-hetero) is 1. The fourth-order valence-electron chi connectivity index (χ4n) is 2.65. The number of allylic oxidation sites excluding steroid dienone is 2. The first-order valence-corrected chi connectivity index (χ1v) is 8.20. The fraction of sp³-hybridized carbons (Fsp3) is 0.450. The van der Waals surface area contributed by atoms with Crippen molar-refractivity contribution in [2.45, 2.75) is 58.4 Å². The smallest absolute Gasteiger partial charge is 0.161 e. The van der Waals surface area contributed by atoms with Crippen LogP contribution < -0.4 is 0 Å². The van der Waals surface area contributed by atoms with Crippen LogP contribution in [-0.4, -0.2) is 16.2 Å². The zero-order valence-electron chi connectivity index (χ0n) is 14.2. The van der Waals surface area contributed by atoms with Crippen LogP contribution in [0.15, 0.2) is 54.4 Å². The molecule has 0 amide bonds. The van der Waals surface area contributed by atoms with Gasteiger partial charge in [-0.2, -0.15) is 0 Å². The van der Waals surface area contributed by atoms with Gasteiger partial charge >= 0.3 is 0 Å². The van der Waals surface area contributed by atoms with Gasteiger partial charge in [-0.3, -0.25) is 4.79 Å². The maximum atomic E-state index is 12.7. The number of hydrogen-bond acceptors (Lipinski definition) is 2. The average molecular weight is 297 g/mol. The Morgan fingerprint density at radius 2 is 1.86 bits per heavy atom. The molecule has 0 unspecified atom stereocenters. The summed E-state index contributed by atoms with van der Waals surface area (Å²) in [5, 5.41) is 0. The Morgan fingerprint density at radius 3 is 2.45 bits per heavy atom. The van der Waals surface area contributed by atoms with Crippen molar-refractivity contribution in [2.24, 2.45) is 0 Å². The predicted molar refractivity (Wildman–Crippen MR) is 92.5 cm³/mol. The number of carbonyl (C=O) groups excluding carboxylic acids is 1. The van der Waals surface area contributed by atoms with E-state index in [4.69, 9.17) is 0 Å². The van der Waals surface area contributed by atoms with E-state index in [2.05, 4.69) is 63.2 Å². The van der Waals surface area contributed by atoms with Crippen molar-refractivity contribution in [1.82, 2.24) is 4.90 Å². The molecule has 118 valence electrons. The number of rotatable bonds is 5. The number of benzene rings is 1. The van der Waals surface area contributed by atoms with Gasteiger partial charge in [0.2, 0.25) is 0 Å². The molecule has 0 spiro atoms. The van der Waals surface area contributed by atoms with E-state index in [1.807, 2.05) is 18.2 Å². The first-order valence-electron chi connectivity index (χ1n) is 8.20. The molecule has 2 rings (SSSR count). The van der Waals surface area contributed by atoms with E-state index < -0.39 is 0 Å². The van der Waals surface area contributed by atoms with Crippen LogP contribution in [0.2, 0.25) is 0 Å². The van der Waals surface area contributed by atoms with Crippen molar-refractivity contribution in [3.63, 3.8) is 0 Å². The van der Waals surface area contributed by atoms with Crippen LogP contribution >= 0.6 is 0 Å². The van der Waals surface area contributed by atoms with Crippen molar-refractivity contribution in [3.8, 4) is 0 Å². The van der Waals surface area contributed by atoms with Crippen molar-refractivity contribution in [2.75, 3.05) is 0 Å². The third-order valence-corrected chi connectivity index (χ3v) is 4.07. The highest BCUT2D eigenvalue weighted by Crippen LogP contribution is 2.33. The van der Waals surface area contributed by atoms with Crippen LogP contribution in [0.3, 0.4) is 0 Å². The summed E-state index contributed by atoms with van der Waals surface area (Å²) in [6.07, 6.45) is 8.95. The van der Waals surface area contributed by atoms with E-state index in [-0.39, 0.29) is 17.2 Å². The molecule has 0 radical (unpaired) electrons. The minimum atomic E-state index is -0.0194. The van der Waals surface area contributed by atoms with Crippen molar-refractivity contribution in [3.05, 3.63) is 59.9 Å². The zero-order chi connectivity index (χ0) is 16.2. The Hall–Kier alpha value is -1.83. The lowest BCUT2D eigenvalue weighted by atomic mass is 9.85. The highest BCUT2D eigenvalue weighted by atomic mass is 16.1. The predicted octanol–water partition coefficient (Wildman–Crippen LogP) is 5.04. The van der Waals surface area contributed by atoms with Gasteiger partial charge in [0.25, 0.3) is 0 Å². The standard InChI is InChI=1S/C20H27NO/c1-5-6-12-19(22)18-15-21(20(2,3)4)14-13-17(18)16-10-8-7-9-11-16/h7-11,13-15,17H,5-6,12H2,1-4H3/t17-/m0/s1. The van der Waals surface area contributed by atoms with Gasteiger partial charge in [-0.1, -0.05) is 49.8 Å². The summed E-state index contributed by atoms with van der Waals surface area (Å²) in [4.78, 5) is 14.8. The highest BCUT2D eigenvalue weighted by Gasteiger charge is 2.27. The number of unbranched alkanes of at least 4 members (excludes halogenated alkanes) is 1. The van der Waals surface area contributed by atoms with Gasteiger partial charge in [0.15, 0.2) is 5.78 Å². The Bertz CT molecular complexity index is 563. The lowest BCUT2D eigenvalue weighted by molar-refractivity contribution is -0.116. The first-order chi connectivity index (χ1) is 10.4. The van der Waals surface area contributed by atoms with Crippen LogP contribution in [0.5, 0.6) is 0 Å². The number of ketones is 1. The molecule has 2 nitrogen and oxygen atoms in total. The summed E-state index contributed by atoms with van der Waals surface area (Å²) in [6, 6.07) is 10.3. The minimum absolute atomic E-state index is 0.0194. The molecule has 2 heteroatoms. The summed E-state index contributed by atoms with van der Waals surface area (Å²) >= 11 is 0. The molecule has 0 saturated carbocycles. The Morgan fingerprint density at radius 1 is 1.18 bits per heavy atom. The van der Waals surface area contributed by atoms with E-state index >= 15 is 0 Å². The molecule has 1 aromatic carbocycles. The molecule has 0 saturated heterocycles. The van der Waals surface area contributed by atoms with Crippen LogP contribution in [0.4, 0.5) is 0 Å². The number of carbonyl (C=O) groups is 1. The van der Waals surface area contributed by atoms with Crippen LogP contribution in [0.1, 0.15) is 58.4 Å². The Labute approximate surface area is 134 Å². The topological polar surface area (TPSA) is 20.3 Å². The van der Waals surface area contributed by atoms with Crippen molar-refractivity contribution >= 4 is 5.78 Å². The van der Waals surface area contributed by atoms with Gasteiger partial charge in [0.1, 0.15) is 0 Å². The van der Waals surface area contributed by atoms with E-state index in [0.29, 0.717) is 6.42 Å². The summed E-state index contributed by atoms with van der Waals surface area (Å²) in [6.45, 7) is 8.60. The van der Waals surface area contributed by atoms with E-state index in [1.54, 1.807) is 0 Å². The lowest BCUT2D eigenvalue weighted by Gasteiger charge is -2.36. The van der Waals surface area contributed by atoms with E-state index in [1.165, 1.54) is 5.56 Å². The van der Waals surface area contributed by atoms with Crippen molar-refractivity contribution < 1.29 is 4.79 Å². The summed E-state index contributed by atoms with van der Waals surface area (Å²) < 4.78 is 0. The molecule has 0 bridgehead atoms. The summed E-state index contributed by atoms with van der Waals surface area (Å²) in [5.41, 5.74) is 2.08. The number of nitrogens with zero attached hydrogens (tertiary/aromatic N) is 1. The molecule has 1 atom stereocenters. The van der Waals surface area contributed by atoms with E-state index in [0.717, 1.165) is 18.4 Å². The Balaban J connectivity index is 2.33. The molecule has 1 aliphatic heterocycles. The minimum Gasteiger partial charge on any atom is -0.349 e. The van der Waals surface area contributed by atoms with Gasteiger partial charge in [0.05, 0.1) is 0 Å². The zero-order valence-corrected chi connectivity index (χ0v) is 14.2. The first kappa shape index (κ1) is 16.5. The quantitative estimate of drug-likeness (QED) is 0.758. The Kier molecular flexibility index (Phi) is 5.23. The lowest BCUT2D eigenvalue weighted by Crippen LogP contribution is -2.35. The molecule has 0 fully saturated rings. The molecular formula is C20H27NO. The summed E-state index contributed by atoms with van der Waals surface area (Å²) in [7, 11) is 0. The molecular weight excluding hydrogens is 270 g/mol. The molecule has 22 heavy (non-hydrogen) atoms. The molecule has 0 aromatic heterocycles. The van der Waals surface area contributed by atoms with Crippen LogP contribution in [0.25, 0.3) is 0 Å². The van der Waals surface area contributed by atoms with Crippen LogP contribution in [-0.2, 0) is 4.79 Å². The maximum absolute atomic E-state index is 12.7. The normalized spacial score (nSPS) is 18.3. The highest BCUT2D eigenvalue weighted by molar-refractivity contribution is 5.97. The molecule has 0 aliphatic carbocycles.